The fourth-order valence-corrected chi connectivity index (χ4v) is 3.37. The number of hydrogen-bond acceptors (Lipinski definition) is 6. The zero-order valence-electron chi connectivity index (χ0n) is 13.4. The maximum atomic E-state index is 12.4. The van der Waals surface area contributed by atoms with Crippen molar-refractivity contribution in [2.45, 2.75) is 25.5 Å². The SMILES string of the molecule is O=C(c1coc(CN2CC[C@H](O)C2)n1)N1CC(Cc2ccco2)C1. The lowest BCUT2D eigenvalue weighted by atomic mass is 9.95. The Labute approximate surface area is 139 Å². The summed E-state index contributed by atoms with van der Waals surface area (Å²) in [4.78, 5) is 20.6. The van der Waals surface area contributed by atoms with E-state index in [1.54, 1.807) is 11.2 Å². The van der Waals surface area contributed by atoms with Crippen molar-refractivity contribution < 1.29 is 18.7 Å². The predicted octanol–water partition coefficient (Wildman–Crippen LogP) is 1.15. The van der Waals surface area contributed by atoms with Crippen LogP contribution in [0.15, 0.2) is 33.5 Å². The number of hydrogen-bond donors (Lipinski definition) is 1. The van der Waals surface area contributed by atoms with Gasteiger partial charge in [-0.15, -0.1) is 0 Å². The monoisotopic (exact) mass is 331 g/mol. The number of nitrogens with zero attached hydrogens (tertiary/aromatic N) is 3. The van der Waals surface area contributed by atoms with Crippen LogP contribution in [0.2, 0.25) is 0 Å². The molecule has 0 bridgehead atoms. The standard InChI is InChI=1S/C17H21N3O4/c21-13-3-4-19(9-13)10-16-18-15(11-24-16)17(22)20-7-12(8-20)6-14-2-1-5-23-14/h1-2,5,11-13,21H,3-4,6-10H2/t13-/m0/s1. The molecule has 0 aromatic carbocycles. The number of carbonyl (C=O) groups is 1. The molecular formula is C17H21N3O4. The van der Waals surface area contributed by atoms with Crippen molar-refractivity contribution in [1.29, 1.82) is 0 Å². The van der Waals surface area contributed by atoms with Gasteiger partial charge in [-0.1, -0.05) is 0 Å². The lowest BCUT2D eigenvalue weighted by Gasteiger charge is -2.38. The van der Waals surface area contributed by atoms with Gasteiger partial charge in [0.05, 0.1) is 18.9 Å². The van der Waals surface area contributed by atoms with Crippen LogP contribution < -0.4 is 0 Å². The molecule has 7 nitrogen and oxygen atoms in total. The number of rotatable bonds is 5. The Bertz CT molecular complexity index is 691. The number of aliphatic hydroxyl groups is 1. The minimum Gasteiger partial charge on any atom is -0.469 e. The molecule has 7 heteroatoms. The minimum absolute atomic E-state index is 0.0813. The first-order valence-electron chi connectivity index (χ1n) is 8.34. The lowest BCUT2D eigenvalue weighted by Crippen LogP contribution is -2.50. The molecule has 0 aliphatic carbocycles. The average Bonchev–Trinajstić information content (AvgIpc) is 3.25. The summed E-state index contributed by atoms with van der Waals surface area (Å²) in [5, 5.41) is 9.54. The van der Waals surface area contributed by atoms with Crippen molar-refractivity contribution in [2.75, 3.05) is 26.2 Å². The highest BCUT2D eigenvalue weighted by molar-refractivity contribution is 5.92. The molecule has 2 aromatic heterocycles. The fourth-order valence-electron chi connectivity index (χ4n) is 3.37. The van der Waals surface area contributed by atoms with Crippen molar-refractivity contribution in [3.8, 4) is 0 Å². The number of oxazole rings is 1. The lowest BCUT2D eigenvalue weighted by molar-refractivity contribution is 0.0486. The van der Waals surface area contributed by atoms with Crippen molar-refractivity contribution in [3.05, 3.63) is 42.0 Å². The molecule has 1 amide bonds. The van der Waals surface area contributed by atoms with E-state index in [0.717, 1.165) is 38.2 Å². The second kappa shape index (κ2) is 6.41. The predicted molar refractivity (Wildman–Crippen MR) is 84.2 cm³/mol. The molecule has 1 N–H and O–H groups in total. The third-order valence-electron chi connectivity index (χ3n) is 4.69. The largest absolute Gasteiger partial charge is 0.469 e. The van der Waals surface area contributed by atoms with Crippen molar-refractivity contribution in [1.82, 2.24) is 14.8 Å². The van der Waals surface area contributed by atoms with Gasteiger partial charge >= 0.3 is 0 Å². The molecule has 2 aliphatic rings. The number of β-amino-alcohol motifs (C(OH)–C–C–N with tert-alkyl or cyclic N) is 1. The highest BCUT2D eigenvalue weighted by atomic mass is 16.3. The van der Waals surface area contributed by atoms with Crippen LogP contribution in [-0.2, 0) is 13.0 Å². The van der Waals surface area contributed by atoms with E-state index in [0.29, 0.717) is 30.6 Å². The first-order chi connectivity index (χ1) is 11.7. The topological polar surface area (TPSA) is 83.0 Å². The van der Waals surface area contributed by atoms with Crippen LogP contribution in [0.3, 0.4) is 0 Å². The molecule has 2 aromatic rings. The van der Waals surface area contributed by atoms with Crippen molar-refractivity contribution in [3.63, 3.8) is 0 Å². The molecule has 24 heavy (non-hydrogen) atoms. The number of aromatic nitrogens is 1. The molecule has 4 heterocycles. The Kier molecular flexibility index (Phi) is 4.12. The smallest absolute Gasteiger partial charge is 0.275 e. The zero-order chi connectivity index (χ0) is 16.5. The van der Waals surface area contributed by atoms with E-state index in [-0.39, 0.29) is 12.0 Å². The molecular weight excluding hydrogens is 310 g/mol. The van der Waals surface area contributed by atoms with E-state index < -0.39 is 0 Å². The summed E-state index contributed by atoms with van der Waals surface area (Å²) < 4.78 is 10.8. The van der Waals surface area contributed by atoms with Gasteiger partial charge in [-0.25, -0.2) is 4.98 Å². The van der Waals surface area contributed by atoms with Gasteiger partial charge in [-0.3, -0.25) is 9.69 Å². The van der Waals surface area contributed by atoms with E-state index >= 15 is 0 Å². The van der Waals surface area contributed by atoms with Crippen LogP contribution in [0.4, 0.5) is 0 Å². The first kappa shape index (κ1) is 15.4. The average molecular weight is 331 g/mol. The van der Waals surface area contributed by atoms with Gasteiger partial charge < -0.3 is 18.8 Å². The Balaban J connectivity index is 1.28. The van der Waals surface area contributed by atoms with E-state index in [4.69, 9.17) is 8.83 Å². The van der Waals surface area contributed by atoms with Crippen LogP contribution in [0.25, 0.3) is 0 Å². The Morgan fingerprint density at radius 2 is 2.21 bits per heavy atom. The van der Waals surface area contributed by atoms with Crippen molar-refractivity contribution >= 4 is 5.91 Å². The Morgan fingerprint density at radius 1 is 1.33 bits per heavy atom. The number of carbonyl (C=O) groups excluding carboxylic acids is 1. The minimum atomic E-state index is -0.270. The second-order valence-corrected chi connectivity index (χ2v) is 6.66. The van der Waals surface area contributed by atoms with Crippen LogP contribution >= 0.6 is 0 Å². The highest BCUT2D eigenvalue weighted by Crippen LogP contribution is 2.23. The van der Waals surface area contributed by atoms with Crippen LogP contribution in [0, 0.1) is 5.92 Å². The van der Waals surface area contributed by atoms with Gasteiger partial charge in [0.1, 0.15) is 12.0 Å². The van der Waals surface area contributed by atoms with E-state index in [2.05, 4.69) is 9.88 Å². The molecule has 4 rings (SSSR count). The summed E-state index contributed by atoms with van der Waals surface area (Å²) in [6.45, 7) is 3.44. The number of amides is 1. The summed E-state index contributed by atoms with van der Waals surface area (Å²) in [5.74, 6) is 1.85. The highest BCUT2D eigenvalue weighted by Gasteiger charge is 2.33. The van der Waals surface area contributed by atoms with Gasteiger partial charge in [0.2, 0.25) is 5.89 Å². The van der Waals surface area contributed by atoms with Crippen molar-refractivity contribution in [2.24, 2.45) is 5.92 Å². The fraction of sp³-hybridized carbons (Fsp3) is 0.529. The summed E-state index contributed by atoms with van der Waals surface area (Å²) in [5.41, 5.74) is 0.362. The van der Waals surface area contributed by atoms with E-state index in [1.807, 2.05) is 12.1 Å². The molecule has 1 atom stereocenters. The third-order valence-corrected chi connectivity index (χ3v) is 4.69. The summed E-state index contributed by atoms with van der Waals surface area (Å²) in [6, 6.07) is 3.84. The second-order valence-electron chi connectivity index (χ2n) is 6.66. The molecule has 0 spiro atoms. The normalized spacial score (nSPS) is 22.0. The maximum absolute atomic E-state index is 12.4. The molecule has 2 fully saturated rings. The summed E-state index contributed by atoms with van der Waals surface area (Å²) in [7, 11) is 0. The zero-order valence-corrected chi connectivity index (χ0v) is 13.4. The van der Waals surface area contributed by atoms with Gasteiger partial charge in [0.15, 0.2) is 5.69 Å². The van der Waals surface area contributed by atoms with Gasteiger partial charge in [0, 0.05) is 38.5 Å². The molecule has 2 saturated heterocycles. The van der Waals surface area contributed by atoms with Crippen LogP contribution in [-0.4, -0.2) is 58.1 Å². The molecule has 0 radical (unpaired) electrons. The van der Waals surface area contributed by atoms with Gasteiger partial charge in [0.25, 0.3) is 5.91 Å². The summed E-state index contributed by atoms with van der Waals surface area (Å²) >= 11 is 0. The molecule has 0 saturated carbocycles. The van der Waals surface area contributed by atoms with Gasteiger partial charge in [-0.05, 0) is 18.6 Å². The molecule has 0 unspecified atom stereocenters. The number of aliphatic hydroxyl groups excluding tert-OH is 1. The number of furan rings is 1. The number of likely N-dealkylation sites (tertiary alicyclic amines) is 2. The summed E-state index contributed by atoms with van der Waals surface area (Å²) in [6.07, 6.45) is 4.47. The van der Waals surface area contributed by atoms with E-state index in [1.165, 1.54) is 6.26 Å². The molecule has 128 valence electrons. The van der Waals surface area contributed by atoms with Crippen LogP contribution in [0.5, 0.6) is 0 Å². The quantitative estimate of drug-likeness (QED) is 0.885. The Hall–Kier alpha value is -2.12. The first-order valence-corrected chi connectivity index (χ1v) is 8.34. The van der Waals surface area contributed by atoms with Crippen LogP contribution in [0.1, 0.15) is 28.6 Å². The van der Waals surface area contributed by atoms with Gasteiger partial charge in [-0.2, -0.15) is 0 Å². The maximum Gasteiger partial charge on any atom is 0.275 e. The van der Waals surface area contributed by atoms with E-state index in [9.17, 15) is 9.90 Å². The Morgan fingerprint density at radius 3 is 2.92 bits per heavy atom. The molecule has 2 aliphatic heterocycles. The third kappa shape index (κ3) is 3.22.